The second-order valence-corrected chi connectivity index (χ2v) is 5.91. The van der Waals surface area contributed by atoms with Gasteiger partial charge in [-0.3, -0.25) is 5.32 Å². The molecule has 20 heavy (non-hydrogen) atoms. The molecule has 6 nitrogen and oxygen atoms in total. The second kappa shape index (κ2) is 7.32. The van der Waals surface area contributed by atoms with Gasteiger partial charge in [-0.1, -0.05) is 18.3 Å². The first-order valence-electron chi connectivity index (χ1n) is 6.28. The normalized spacial score (nSPS) is 12.1. The Bertz CT molecular complexity index is 541. The third-order valence-corrected chi connectivity index (χ3v) is 4.22. The first-order valence-corrected chi connectivity index (χ1v) is 8.04. The lowest BCUT2D eigenvalue weighted by Gasteiger charge is -2.08. The van der Waals surface area contributed by atoms with Gasteiger partial charge in [0.25, 0.3) is 0 Å². The van der Waals surface area contributed by atoms with Gasteiger partial charge in [0.2, 0.25) is 5.13 Å². The van der Waals surface area contributed by atoms with Crippen LogP contribution in [0.5, 0.6) is 0 Å². The fourth-order valence-electron chi connectivity index (χ4n) is 1.47. The van der Waals surface area contributed by atoms with Gasteiger partial charge in [-0.2, -0.15) is 11.3 Å². The lowest BCUT2D eigenvalue weighted by Crippen LogP contribution is -2.31. The van der Waals surface area contributed by atoms with E-state index in [1.54, 1.807) is 11.3 Å². The van der Waals surface area contributed by atoms with Crippen molar-refractivity contribution in [2.24, 2.45) is 0 Å². The van der Waals surface area contributed by atoms with Crippen molar-refractivity contribution in [3.05, 3.63) is 16.8 Å². The zero-order chi connectivity index (χ0) is 14.4. The zero-order valence-electron chi connectivity index (χ0n) is 11.0. The van der Waals surface area contributed by atoms with Gasteiger partial charge in [0.1, 0.15) is 5.01 Å². The summed E-state index contributed by atoms with van der Waals surface area (Å²) in [6, 6.07) is 1.63. The molecule has 0 saturated heterocycles. The topological polar surface area (TPSA) is 87.1 Å². The maximum atomic E-state index is 11.6. The smallest absolute Gasteiger partial charge is 0.321 e. The van der Waals surface area contributed by atoms with Gasteiger partial charge in [0.15, 0.2) is 0 Å². The quantitative estimate of drug-likeness (QED) is 0.765. The van der Waals surface area contributed by atoms with Crippen LogP contribution < -0.4 is 10.6 Å². The van der Waals surface area contributed by atoms with Gasteiger partial charge in [0, 0.05) is 17.5 Å². The van der Waals surface area contributed by atoms with Gasteiger partial charge in [0.05, 0.1) is 6.10 Å². The Morgan fingerprint density at radius 2 is 2.35 bits per heavy atom. The Morgan fingerprint density at radius 3 is 3.05 bits per heavy atom. The van der Waals surface area contributed by atoms with E-state index in [4.69, 9.17) is 0 Å². The van der Waals surface area contributed by atoms with Crippen molar-refractivity contribution in [2.75, 3.05) is 11.9 Å². The Morgan fingerprint density at radius 1 is 1.50 bits per heavy atom. The van der Waals surface area contributed by atoms with Gasteiger partial charge in [-0.05, 0) is 24.3 Å². The Kier molecular flexibility index (Phi) is 5.45. The number of carbonyl (C=O) groups is 1. The van der Waals surface area contributed by atoms with Crippen LogP contribution in [0.25, 0.3) is 10.6 Å². The monoisotopic (exact) mass is 312 g/mol. The molecule has 108 valence electrons. The number of aliphatic hydroxyl groups is 1. The Hall–Kier alpha value is -1.51. The van der Waals surface area contributed by atoms with Crippen LogP contribution in [0.4, 0.5) is 9.93 Å². The van der Waals surface area contributed by atoms with Crippen molar-refractivity contribution in [1.82, 2.24) is 15.5 Å². The SMILES string of the molecule is CCC(O)CCNC(=O)Nc1nnc(-c2ccsc2)s1. The Balaban J connectivity index is 1.80. The number of nitrogens with zero attached hydrogens (tertiary/aromatic N) is 2. The lowest BCUT2D eigenvalue weighted by molar-refractivity contribution is 0.160. The van der Waals surface area contributed by atoms with Gasteiger partial charge < -0.3 is 10.4 Å². The predicted molar refractivity (Wildman–Crippen MR) is 81.2 cm³/mol. The van der Waals surface area contributed by atoms with E-state index in [0.717, 1.165) is 10.6 Å². The number of nitrogens with one attached hydrogen (secondary N) is 2. The first kappa shape index (κ1) is 14.9. The van der Waals surface area contributed by atoms with Crippen molar-refractivity contribution in [2.45, 2.75) is 25.9 Å². The number of thiophene rings is 1. The summed E-state index contributed by atoms with van der Waals surface area (Å²) in [5, 5.41) is 27.8. The summed E-state index contributed by atoms with van der Waals surface area (Å²) in [5.41, 5.74) is 1.01. The number of rotatable bonds is 6. The molecule has 8 heteroatoms. The zero-order valence-corrected chi connectivity index (χ0v) is 12.6. The largest absolute Gasteiger partial charge is 0.393 e. The highest BCUT2D eigenvalue weighted by molar-refractivity contribution is 7.19. The number of amides is 2. The number of hydrogen-bond donors (Lipinski definition) is 3. The van der Waals surface area contributed by atoms with E-state index in [1.807, 2.05) is 23.8 Å². The summed E-state index contributed by atoms with van der Waals surface area (Å²) in [5.74, 6) is 0. The molecule has 0 fully saturated rings. The first-order chi connectivity index (χ1) is 9.69. The molecule has 2 aromatic rings. The number of anilines is 1. The van der Waals surface area contributed by atoms with Crippen LogP contribution in [0.3, 0.4) is 0 Å². The number of hydrogen-bond acceptors (Lipinski definition) is 6. The fourth-order valence-corrected chi connectivity index (χ4v) is 2.92. The van der Waals surface area contributed by atoms with Crippen LogP contribution in [0.15, 0.2) is 16.8 Å². The summed E-state index contributed by atoms with van der Waals surface area (Å²) >= 11 is 2.92. The average Bonchev–Trinajstić information content (AvgIpc) is 3.08. The summed E-state index contributed by atoms with van der Waals surface area (Å²) in [7, 11) is 0. The molecule has 1 atom stereocenters. The molecule has 0 aliphatic heterocycles. The molecular weight excluding hydrogens is 296 g/mol. The predicted octanol–water partition coefficient (Wildman–Crippen LogP) is 2.55. The molecule has 0 aromatic carbocycles. The second-order valence-electron chi connectivity index (χ2n) is 4.16. The molecule has 0 radical (unpaired) electrons. The molecule has 0 bridgehead atoms. The van der Waals surface area contributed by atoms with Crippen LogP contribution in [0.1, 0.15) is 19.8 Å². The highest BCUT2D eigenvalue weighted by atomic mass is 32.1. The maximum absolute atomic E-state index is 11.6. The van der Waals surface area contributed by atoms with E-state index in [1.165, 1.54) is 11.3 Å². The van der Waals surface area contributed by atoms with E-state index in [2.05, 4.69) is 20.8 Å². The molecule has 2 heterocycles. The highest BCUT2D eigenvalue weighted by Crippen LogP contribution is 2.27. The Labute approximate surface area is 124 Å². The van der Waals surface area contributed by atoms with Crippen LogP contribution in [-0.2, 0) is 0 Å². The number of aliphatic hydroxyl groups excluding tert-OH is 1. The van der Waals surface area contributed by atoms with Gasteiger partial charge in [-0.15, -0.1) is 10.2 Å². The third-order valence-electron chi connectivity index (χ3n) is 2.65. The van der Waals surface area contributed by atoms with E-state index in [9.17, 15) is 9.90 Å². The van der Waals surface area contributed by atoms with Crippen molar-refractivity contribution in [1.29, 1.82) is 0 Å². The van der Waals surface area contributed by atoms with E-state index >= 15 is 0 Å². The summed E-state index contributed by atoms with van der Waals surface area (Å²) < 4.78 is 0. The third kappa shape index (κ3) is 4.26. The highest BCUT2D eigenvalue weighted by Gasteiger charge is 2.10. The molecule has 0 aliphatic carbocycles. The molecule has 2 aromatic heterocycles. The minimum Gasteiger partial charge on any atom is -0.393 e. The van der Waals surface area contributed by atoms with E-state index < -0.39 is 0 Å². The molecule has 2 amide bonds. The van der Waals surface area contributed by atoms with Crippen molar-refractivity contribution in [3.63, 3.8) is 0 Å². The van der Waals surface area contributed by atoms with E-state index in [-0.39, 0.29) is 12.1 Å². The fraction of sp³-hybridized carbons (Fsp3) is 0.417. The lowest BCUT2D eigenvalue weighted by atomic mass is 10.2. The maximum Gasteiger partial charge on any atom is 0.321 e. The minimum atomic E-state index is -0.373. The summed E-state index contributed by atoms with van der Waals surface area (Å²) in [4.78, 5) is 11.6. The van der Waals surface area contributed by atoms with Crippen molar-refractivity contribution >= 4 is 33.8 Å². The van der Waals surface area contributed by atoms with Crippen LogP contribution in [-0.4, -0.2) is 34.0 Å². The summed E-state index contributed by atoms with van der Waals surface area (Å²) in [6.45, 7) is 2.33. The molecular formula is C12H16N4O2S2. The number of aromatic nitrogens is 2. The van der Waals surface area contributed by atoms with Crippen LogP contribution >= 0.6 is 22.7 Å². The van der Waals surface area contributed by atoms with Crippen molar-refractivity contribution in [3.8, 4) is 10.6 Å². The molecule has 0 saturated carbocycles. The van der Waals surface area contributed by atoms with Gasteiger partial charge >= 0.3 is 6.03 Å². The van der Waals surface area contributed by atoms with Crippen LogP contribution in [0.2, 0.25) is 0 Å². The molecule has 2 rings (SSSR count). The van der Waals surface area contributed by atoms with Crippen molar-refractivity contribution < 1.29 is 9.90 Å². The minimum absolute atomic E-state index is 0.332. The number of urea groups is 1. The number of carbonyl (C=O) groups excluding carboxylic acids is 1. The summed E-state index contributed by atoms with van der Waals surface area (Å²) in [6.07, 6.45) is 0.853. The standard InChI is InChI=1S/C12H16N4O2S2/c1-2-9(17)3-5-13-11(18)14-12-16-15-10(20-12)8-4-6-19-7-8/h4,6-7,9,17H,2-3,5H2,1H3,(H2,13,14,16,18). The van der Waals surface area contributed by atoms with Crippen LogP contribution in [0, 0.1) is 0 Å². The molecule has 1 unspecified atom stereocenters. The average molecular weight is 312 g/mol. The molecule has 0 spiro atoms. The van der Waals surface area contributed by atoms with E-state index in [0.29, 0.717) is 24.5 Å². The molecule has 3 N–H and O–H groups in total. The van der Waals surface area contributed by atoms with Gasteiger partial charge in [-0.25, -0.2) is 4.79 Å². The molecule has 0 aliphatic rings.